The summed E-state index contributed by atoms with van der Waals surface area (Å²) in [6.45, 7) is 5.56. The van der Waals surface area contributed by atoms with Crippen LogP contribution in [0.4, 0.5) is 5.69 Å². The van der Waals surface area contributed by atoms with E-state index in [1.807, 2.05) is 25.1 Å². The van der Waals surface area contributed by atoms with Gasteiger partial charge in [-0.15, -0.1) is 12.4 Å². The minimum atomic E-state index is -0.740. The summed E-state index contributed by atoms with van der Waals surface area (Å²) in [4.78, 5) is 38.7. The molecule has 2 amide bonds. The molecule has 8 nitrogen and oxygen atoms in total. The average molecular weight is 392 g/mol. The highest BCUT2D eigenvalue weighted by atomic mass is 35.5. The van der Waals surface area contributed by atoms with Gasteiger partial charge in [0, 0.05) is 43.7 Å². The van der Waals surface area contributed by atoms with E-state index < -0.39 is 11.9 Å². The number of imide groups is 1. The number of nitrogens with zero attached hydrogens (tertiary/aromatic N) is 3. The van der Waals surface area contributed by atoms with Crippen LogP contribution in [0.3, 0.4) is 0 Å². The molecule has 0 radical (unpaired) electrons. The molecule has 4 rings (SSSR count). The number of carbonyl (C=O) groups is 2. The van der Waals surface area contributed by atoms with Crippen molar-refractivity contribution in [2.75, 3.05) is 31.1 Å². The number of rotatable bonds is 2. The zero-order valence-corrected chi connectivity index (χ0v) is 15.8. The second kappa shape index (κ2) is 7.66. The minimum absolute atomic E-state index is 0. The van der Waals surface area contributed by atoms with Crippen molar-refractivity contribution in [3.63, 3.8) is 0 Å². The Bertz CT molecular complexity index is 952. The third-order valence-corrected chi connectivity index (χ3v) is 5.08. The largest absolute Gasteiger partial charge is 0.369 e. The van der Waals surface area contributed by atoms with Crippen LogP contribution in [0.1, 0.15) is 24.6 Å². The van der Waals surface area contributed by atoms with E-state index in [1.165, 1.54) is 4.68 Å². The predicted octanol–water partition coefficient (Wildman–Crippen LogP) is 0.514. The summed E-state index contributed by atoms with van der Waals surface area (Å²) in [6.07, 6.45) is 0.505. The van der Waals surface area contributed by atoms with E-state index in [0.717, 1.165) is 37.3 Å². The van der Waals surface area contributed by atoms with Gasteiger partial charge in [0.05, 0.1) is 11.1 Å². The second-order valence-corrected chi connectivity index (χ2v) is 6.77. The third kappa shape index (κ3) is 3.54. The van der Waals surface area contributed by atoms with Gasteiger partial charge in [0.2, 0.25) is 5.91 Å². The first-order valence-corrected chi connectivity index (χ1v) is 8.87. The lowest BCUT2D eigenvalue weighted by molar-refractivity contribution is -0.136. The summed E-state index contributed by atoms with van der Waals surface area (Å²) in [5, 5.41) is 11.3. The maximum absolute atomic E-state index is 12.9. The van der Waals surface area contributed by atoms with Crippen molar-refractivity contribution in [1.29, 1.82) is 0 Å². The zero-order chi connectivity index (χ0) is 18.3. The number of anilines is 1. The van der Waals surface area contributed by atoms with E-state index in [2.05, 4.69) is 20.6 Å². The van der Waals surface area contributed by atoms with Gasteiger partial charge in [0.15, 0.2) is 0 Å². The highest BCUT2D eigenvalue weighted by Crippen LogP contribution is 2.24. The number of nitrogens with one attached hydrogen (secondary N) is 2. The molecular formula is C18H22ClN5O3. The maximum Gasteiger partial charge on any atom is 0.275 e. The third-order valence-electron chi connectivity index (χ3n) is 5.08. The molecule has 0 bridgehead atoms. The fraction of sp³-hybridized carbons (Fsp3) is 0.444. The van der Waals surface area contributed by atoms with Crippen molar-refractivity contribution in [3.05, 3.63) is 34.2 Å². The van der Waals surface area contributed by atoms with Gasteiger partial charge in [0.1, 0.15) is 6.04 Å². The smallest absolute Gasteiger partial charge is 0.275 e. The molecule has 2 aliphatic rings. The van der Waals surface area contributed by atoms with E-state index in [-0.39, 0.29) is 30.3 Å². The first-order chi connectivity index (χ1) is 12.5. The van der Waals surface area contributed by atoms with Crippen LogP contribution in [0.15, 0.2) is 23.0 Å². The molecule has 144 valence electrons. The van der Waals surface area contributed by atoms with E-state index in [9.17, 15) is 14.4 Å². The first-order valence-electron chi connectivity index (χ1n) is 8.87. The predicted molar refractivity (Wildman–Crippen MR) is 104 cm³/mol. The topological polar surface area (TPSA) is 96.3 Å². The van der Waals surface area contributed by atoms with Crippen LogP contribution < -0.4 is 21.1 Å². The van der Waals surface area contributed by atoms with Gasteiger partial charge < -0.3 is 10.2 Å². The fourth-order valence-electron chi connectivity index (χ4n) is 3.65. The Kier molecular flexibility index (Phi) is 5.48. The molecule has 2 fully saturated rings. The Balaban J connectivity index is 0.00000210. The molecule has 2 N–H and O–H groups in total. The van der Waals surface area contributed by atoms with Crippen LogP contribution in [0, 0.1) is 6.92 Å². The van der Waals surface area contributed by atoms with Crippen LogP contribution >= 0.6 is 12.4 Å². The molecule has 9 heteroatoms. The molecule has 1 aromatic carbocycles. The molecule has 27 heavy (non-hydrogen) atoms. The molecule has 1 aromatic heterocycles. The molecule has 2 aliphatic heterocycles. The van der Waals surface area contributed by atoms with Gasteiger partial charge in [-0.3, -0.25) is 19.7 Å². The lowest BCUT2D eigenvalue weighted by Gasteiger charge is -2.29. The van der Waals surface area contributed by atoms with Gasteiger partial charge in [0.25, 0.3) is 11.5 Å². The first kappa shape index (κ1) is 19.3. The summed E-state index contributed by atoms with van der Waals surface area (Å²) < 4.78 is 1.23. The SMILES string of the molecule is Cc1nn(C2CCC(=O)NC2=O)c(=O)c2ccc(N3CCNCC3)cc12.Cl. The summed E-state index contributed by atoms with van der Waals surface area (Å²) in [6, 6.07) is 5.02. The van der Waals surface area contributed by atoms with Crippen molar-refractivity contribution in [2.24, 2.45) is 0 Å². The maximum atomic E-state index is 12.9. The zero-order valence-electron chi connectivity index (χ0n) is 15.0. The number of carbonyl (C=O) groups excluding carboxylic acids is 2. The fourth-order valence-corrected chi connectivity index (χ4v) is 3.65. The van der Waals surface area contributed by atoms with Gasteiger partial charge in [-0.05, 0) is 31.5 Å². The quantitative estimate of drug-likeness (QED) is 0.724. The molecule has 1 atom stereocenters. The highest BCUT2D eigenvalue weighted by molar-refractivity contribution is 5.99. The lowest BCUT2D eigenvalue weighted by atomic mass is 10.1. The number of benzene rings is 1. The lowest BCUT2D eigenvalue weighted by Crippen LogP contribution is -2.45. The number of hydrogen-bond acceptors (Lipinski definition) is 6. The Morgan fingerprint density at radius 1 is 1.11 bits per heavy atom. The number of aromatic nitrogens is 2. The monoisotopic (exact) mass is 391 g/mol. The van der Waals surface area contributed by atoms with Crippen molar-refractivity contribution >= 4 is 40.7 Å². The van der Waals surface area contributed by atoms with Crippen LogP contribution in [-0.2, 0) is 9.59 Å². The number of piperazine rings is 1. The molecular weight excluding hydrogens is 370 g/mol. The summed E-state index contributed by atoms with van der Waals surface area (Å²) >= 11 is 0. The van der Waals surface area contributed by atoms with Gasteiger partial charge >= 0.3 is 0 Å². The number of hydrogen-bond donors (Lipinski definition) is 2. The molecule has 0 spiro atoms. The average Bonchev–Trinajstić information content (AvgIpc) is 2.65. The summed E-state index contributed by atoms with van der Waals surface area (Å²) in [7, 11) is 0. The molecule has 2 aromatic rings. The minimum Gasteiger partial charge on any atom is -0.369 e. The summed E-state index contributed by atoms with van der Waals surface area (Å²) in [5.74, 6) is -0.774. The molecule has 3 heterocycles. The Morgan fingerprint density at radius 2 is 1.85 bits per heavy atom. The number of fused-ring (bicyclic) bond motifs is 1. The van der Waals surface area contributed by atoms with Crippen LogP contribution in [-0.4, -0.2) is 47.8 Å². The van der Waals surface area contributed by atoms with Crippen LogP contribution in [0.25, 0.3) is 10.8 Å². The Morgan fingerprint density at radius 3 is 2.56 bits per heavy atom. The number of halogens is 1. The van der Waals surface area contributed by atoms with Crippen LogP contribution in [0.2, 0.25) is 0 Å². The van der Waals surface area contributed by atoms with E-state index >= 15 is 0 Å². The van der Waals surface area contributed by atoms with E-state index in [4.69, 9.17) is 0 Å². The van der Waals surface area contributed by atoms with Crippen LogP contribution in [0.5, 0.6) is 0 Å². The van der Waals surface area contributed by atoms with Crippen molar-refractivity contribution in [2.45, 2.75) is 25.8 Å². The van der Waals surface area contributed by atoms with Gasteiger partial charge in [-0.2, -0.15) is 5.10 Å². The molecule has 2 saturated heterocycles. The highest BCUT2D eigenvalue weighted by Gasteiger charge is 2.30. The summed E-state index contributed by atoms with van der Waals surface area (Å²) in [5.41, 5.74) is 1.47. The van der Waals surface area contributed by atoms with E-state index in [1.54, 1.807) is 0 Å². The standard InChI is InChI=1S/C18H21N5O3.ClH/c1-11-14-10-12(22-8-6-19-7-9-22)2-3-13(14)18(26)23(21-11)15-4-5-16(24)20-17(15)25;/h2-3,10,15,19H,4-9H2,1H3,(H,20,24,25);1H. The Hall–Kier alpha value is -2.45. The number of aryl methyl sites for hydroxylation is 1. The van der Waals surface area contributed by atoms with Gasteiger partial charge in [-0.1, -0.05) is 0 Å². The number of amides is 2. The molecule has 0 aliphatic carbocycles. The van der Waals surface area contributed by atoms with Crippen molar-refractivity contribution < 1.29 is 9.59 Å². The van der Waals surface area contributed by atoms with Gasteiger partial charge in [-0.25, -0.2) is 4.68 Å². The van der Waals surface area contributed by atoms with Crippen molar-refractivity contribution in [1.82, 2.24) is 20.4 Å². The second-order valence-electron chi connectivity index (χ2n) is 6.77. The number of piperidine rings is 1. The van der Waals surface area contributed by atoms with E-state index in [0.29, 0.717) is 17.5 Å². The Labute approximate surface area is 162 Å². The normalized spacial score (nSPS) is 20.3. The van der Waals surface area contributed by atoms with Crippen molar-refractivity contribution in [3.8, 4) is 0 Å². The molecule has 1 unspecified atom stereocenters. The molecule has 0 saturated carbocycles.